The molecule has 1 fully saturated rings. The molecule has 138 valence electrons. The molecule has 0 saturated carbocycles. The molecule has 1 saturated heterocycles. The first-order valence-corrected chi connectivity index (χ1v) is 10.2. The van der Waals surface area contributed by atoms with Crippen molar-refractivity contribution in [3.8, 4) is 0 Å². The minimum Gasteiger partial charge on any atom is -0.394 e. The number of rotatable bonds is 4. The monoisotopic (exact) mass is 372 g/mol. The second kappa shape index (κ2) is 7.71. The van der Waals surface area contributed by atoms with Gasteiger partial charge in [0.25, 0.3) is 0 Å². The fourth-order valence-electron chi connectivity index (χ4n) is 3.83. The quantitative estimate of drug-likeness (QED) is 0.803. The normalized spacial score (nSPS) is 28.1. The molecule has 2 aromatic rings. The summed E-state index contributed by atoms with van der Waals surface area (Å²) in [4.78, 5) is 1.24. The van der Waals surface area contributed by atoms with Crippen molar-refractivity contribution in [2.75, 3.05) is 12.9 Å². The lowest BCUT2D eigenvalue weighted by molar-refractivity contribution is -0.113. The first-order chi connectivity index (χ1) is 12.7. The molecule has 2 aliphatic rings. The van der Waals surface area contributed by atoms with E-state index in [1.165, 1.54) is 16.0 Å². The summed E-state index contributed by atoms with van der Waals surface area (Å²) in [6.07, 6.45) is 2.12. The largest absolute Gasteiger partial charge is 0.394 e. The van der Waals surface area contributed by atoms with Crippen LogP contribution < -0.4 is 0 Å². The molecule has 4 rings (SSSR count). The van der Waals surface area contributed by atoms with Crippen molar-refractivity contribution in [2.45, 2.75) is 48.8 Å². The molecule has 0 bridgehead atoms. The predicted molar refractivity (Wildman–Crippen MR) is 101 cm³/mol. The van der Waals surface area contributed by atoms with Crippen LogP contribution in [-0.2, 0) is 16.1 Å². The van der Waals surface area contributed by atoms with Crippen LogP contribution in [0.4, 0.5) is 0 Å². The van der Waals surface area contributed by atoms with Gasteiger partial charge in [0.2, 0.25) is 0 Å². The molecule has 4 nitrogen and oxygen atoms in total. The van der Waals surface area contributed by atoms with Gasteiger partial charge in [-0.2, -0.15) is 0 Å². The third-order valence-electron chi connectivity index (χ3n) is 5.23. The summed E-state index contributed by atoms with van der Waals surface area (Å²) in [5, 5.41) is 19.5. The summed E-state index contributed by atoms with van der Waals surface area (Å²) < 4.78 is 12.0. The highest BCUT2D eigenvalue weighted by atomic mass is 32.2. The summed E-state index contributed by atoms with van der Waals surface area (Å²) >= 11 is 1.73. The van der Waals surface area contributed by atoms with Crippen LogP contribution in [0.25, 0.3) is 0 Å². The van der Waals surface area contributed by atoms with E-state index in [-0.39, 0.29) is 24.9 Å². The highest BCUT2D eigenvalue weighted by molar-refractivity contribution is 7.98. The zero-order valence-electron chi connectivity index (χ0n) is 14.8. The molecule has 0 aliphatic carbocycles. The second-order valence-electron chi connectivity index (χ2n) is 6.98. The molecule has 0 aromatic heterocycles. The molecule has 26 heavy (non-hydrogen) atoms. The maximum Gasteiger partial charge on any atom is 0.108 e. The lowest BCUT2D eigenvalue weighted by Gasteiger charge is -2.32. The maximum atomic E-state index is 10.1. The highest BCUT2D eigenvalue weighted by Crippen LogP contribution is 2.39. The molecule has 0 amide bonds. The zero-order valence-corrected chi connectivity index (χ0v) is 15.6. The lowest BCUT2D eigenvalue weighted by Crippen LogP contribution is -2.33. The molecule has 4 atom stereocenters. The van der Waals surface area contributed by atoms with Gasteiger partial charge in [-0.1, -0.05) is 24.3 Å². The molecule has 2 aliphatic heterocycles. The number of hydrogen-bond acceptors (Lipinski definition) is 5. The summed E-state index contributed by atoms with van der Waals surface area (Å²) in [5.41, 5.74) is 4.56. The fourth-order valence-corrected chi connectivity index (χ4v) is 4.24. The van der Waals surface area contributed by atoms with Crippen LogP contribution in [-0.4, -0.2) is 35.3 Å². The second-order valence-corrected chi connectivity index (χ2v) is 7.86. The van der Waals surface area contributed by atoms with E-state index in [0.717, 1.165) is 11.1 Å². The molecule has 4 unspecified atom stereocenters. The van der Waals surface area contributed by atoms with Crippen LogP contribution in [0.3, 0.4) is 0 Å². The van der Waals surface area contributed by atoms with Crippen molar-refractivity contribution in [1.82, 2.24) is 0 Å². The number of ether oxygens (including phenoxy) is 2. The van der Waals surface area contributed by atoms with Crippen molar-refractivity contribution >= 4 is 11.8 Å². The zero-order chi connectivity index (χ0) is 18.1. The van der Waals surface area contributed by atoms with Gasteiger partial charge in [-0.15, -0.1) is 11.8 Å². The smallest absolute Gasteiger partial charge is 0.108 e. The highest BCUT2D eigenvalue weighted by Gasteiger charge is 2.31. The fraction of sp³-hybridized carbons (Fsp3) is 0.429. The topological polar surface area (TPSA) is 58.9 Å². The van der Waals surface area contributed by atoms with Gasteiger partial charge in [-0.05, 0) is 46.7 Å². The Bertz CT molecular complexity index is 761. The van der Waals surface area contributed by atoms with Crippen molar-refractivity contribution in [2.24, 2.45) is 0 Å². The average molecular weight is 372 g/mol. The summed E-state index contributed by atoms with van der Waals surface area (Å²) in [7, 11) is 0. The maximum absolute atomic E-state index is 10.1. The summed E-state index contributed by atoms with van der Waals surface area (Å²) in [6.45, 7) is 0.546. The van der Waals surface area contributed by atoms with Crippen molar-refractivity contribution in [3.05, 3.63) is 64.7 Å². The van der Waals surface area contributed by atoms with E-state index in [9.17, 15) is 10.2 Å². The van der Waals surface area contributed by atoms with Gasteiger partial charge in [-0.25, -0.2) is 0 Å². The molecular weight excluding hydrogens is 348 g/mol. The van der Waals surface area contributed by atoms with Crippen molar-refractivity contribution in [1.29, 1.82) is 0 Å². The summed E-state index contributed by atoms with van der Waals surface area (Å²) in [6, 6.07) is 14.8. The van der Waals surface area contributed by atoms with Crippen LogP contribution in [0.1, 0.15) is 47.3 Å². The van der Waals surface area contributed by atoms with E-state index in [1.807, 2.05) is 0 Å². The number of aliphatic hydroxyl groups excluding tert-OH is 2. The molecule has 0 spiro atoms. The molecule has 2 aromatic carbocycles. The number of aliphatic hydroxyl groups is 2. The Labute approximate surface area is 158 Å². The van der Waals surface area contributed by atoms with Crippen LogP contribution in [0, 0.1) is 0 Å². The van der Waals surface area contributed by atoms with E-state index in [4.69, 9.17) is 9.47 Å². The Kier molecular flexibility index (Phi) is 5.34. The van der Waals surface area contributed by atoms with Gasteiger partial charge >= 0.3 is 0 Å². The minimum atomic E-state index is -0.440. The molecule has 0 radical (unpaired) electrons. The van der Waals surface area contributed by atoms with E-state index in [2.05, 4.69) is 48.7 Å². The summed E-state index contributed by atoms with van der Waals surface area (Å²) in [5.74, 6) is 0. The van der Waals surface area contributed by atoms with Crippen molar-refractivity contribution in [3.63, 3.8) is 0 Å². The number of fused-ring (bicyclic) bond motifs is 1. The van der Waals surface area contributed by atoms with Gasteiger partial charge in [0.05, 0.1) is 31.5 Å². The minimum absolute atomic E-state index is 0.0635. The Morgan fingerprint density at radius 3 is 2.58 bits per heavy atom. The predicted octanol–water partition coefficient (Wildman–Crippen LogP) is 3.60. The molecule has 2 heterocycles. The Balaban J connectivity index is 1.61. The first kappa shape index (κ1) is 18.0. The third-order valence-corrected chi connectivity index (χ3v) is 5.97. The van der Waals surface area contributed by atoms with E-state index >= 15 is 0 Å². The van der Waals surface area contributed by atoms with E-state index < -0.39 is 6.10 Å². The third kappa shape index (κ3) is 3.55. The SMILES string of the molecule is CSc1ccc(C2OCc3ccc(C4CC(O)CC(CO)O4)cc32)cc1. The Hall–Kier alpha value is -1.37. The van der Waals surface area contributed by atoms with Gasteiger partial charge in [0.15, 0.2) is 0 Å². The number of benzene rings is 2. The standard InChI is InChI=1S/C21H24O4S/c1-26-18-6-4-13(5-7-18)21-19-8-14(2-3-15(19)12-24-21)20-10-16(23)9-17(11-22)25-20/h2-8,16-17,20-23H,9-12H2,1H3. The molecule has 5 heteroatoms. The van der Waals surface area contributed by atoms with Crippen LogP contribution in [0.2, 0.25) is 0 Å². The van der Waals surface area contributed by atoms with Crippen LogP contribution >= 0.6 is 11.8 Å². The van der Waals surface area contributed by atoms with Crippen LogP contribution in [0.15, 0.2) is 47.4 Å². The van der Waals surface area contributed by atoms with Gasteiger partial charge in [0, 0.05) is 17.7 Å². The van der Waals surface area contributed by atoms with Crippen molar-refractivity contribution < 1.29 is 19.7 Å². The van der Waals surface area contributed by atoms with E-state index in [0.29, 0.717) is 19.4 Å². The number of hydrogen-bond donors (Lipinski definition) is 2. The molecule has 2 N–H and O–H groups in total. The van der Waals surface area contributed by atoms with Gasteiger partial charge in [0.1, 0.15) is 6.10 Å². The first-order valence-electron chi connectivity index (χ1n) is 9.00. The average Bonchev–Trinajstić information content (AvgIpc) is 3.10. The number of thioether (sulfide) groups is 1. The Morgan fingerprint density at radius 2 is 1.85 bits per heavy atom. The van der Waals surface area contributed by atoms with Crippen LogP contribution in [0.5, 0.6) is 0 Å². The van der Waals surface area contributed by atoms with Gasteiger partial charge in [-0.3, -0.25) is 0 Å². The molecular formula is C21H24O4S. The van der Waals surface area contributed by atoms with Gasteiger partial charge < -0.3 is 19.7 Å². The lowest BCUT2D eigenvalue weighted by atomic mass is 9.92. The Morgan fingerprint density at radius 1 is 1.08 bits per heavy atom. The van der Waals surface area contributed by atoms with E-state index in [1.54, 1.807) is 11.8 Å².